The molecule has 2 aromatic carbocycles. The summed E-state index contributed by atoms with van der Waals surface area (Å²) >= 11 is 0. The molecule has 7 nitrogen and oxygen atoms in total. The Morgan fingerprint density at radius 1 is 1.21 bits per heavy atom. The van der Waals surface area contributed by atoms with Crippen molar-refractivity contribution in [3.63, 3.8) is 0 Å². The lowest BCUT2D eigenvalue weighted by atomic mass is 10.1. The summed E-state index contributed by atoms with van der Waals surface area (Å²) in [5.74, 6) is 0.243. The van der Waals surface area contributed by atoms with Gasteiger partial charge < -0.3 is 20.4 Å². The van der Waals surface area contributed by atoms with Crippen LogP contribution in [0.3, 0.4) is 0 Å². The standard InChI is InChI=1S/C17H14N4O3/c22-16-5-6-24-15-4-2-11(8-14(15)21-16)20-17(23)10-1-3-12-13(7-10)19-9-18-12/h1-4,7-9H,5-6H2,(H,18,19)(H,20,23)(H,21,22). The molecule has 0 aliphatic carbocycles. The molecular formula is C17H14N4O3. The Bertz CT molecular complexity index is 948. The van der Waals surface area contributed by atoms with Crippen molar-refractivity contribution in [2.45, 2.75) is 6.42 Å². The fourth-order valence-electron chi connectivity index (χ4n) is 2.58. The molecule has 120 valence electrons. The molecule has 4 rings (SSSR count). The molecule has 0 fully saturated rings. The molecule has 0 radical (unpaired) electrons. The van der Waals surface area contributed by atoms with Gasteiger partial charge in [-0.2, -0.15) is 0 Å². The zero-order valence-electron chi connectivity index (χ0n) is 12.6. The molecule has 0 atom stereocenters. The van der Waals surface area contributed by atoms with Gasteiger partial charge >= 0.3 is 0 Å². The molecule has 0 spiro atoms. The van der Waals surface area contributed by atoms with E-state index in [0.29, 0.717) is 35.7 Å². The number of aromatic amines is 1. The molecule has 0 saturated carbocycles. The van der Waals surface area contributed by atoms with Crippen LogP contribution in [-0.4, -0.2) is 28.4 Å². The van der Waals surface area contributed by atoms with Crippen LogP contribution in [0.5, 0.6) is 5.75 Å². The van der Waals surface area contributed by atoms with Crippen molar-refractivity contribution in [3.8, 4) is 5.75 Å². The number of hydrogen-bond donors (Lipinski definition) is 3. The minimum atomic E-state index is -0.243. The monoisotopic (exact) mass is 322 g/mol. The quantitative estimate of drug-likeness (QED) is 0.675. The van der Waals surface area contributed by atoms with Gasteiger partial charge in [0.15, 0.2) is 0 Å². The summed E-state index contributed by atoms with van der Waals surface area (Å²) in [7, 11) is 0. The lowest BCUT2D eigenvalue weighted by molar-refractivity contribution is -0.116. The van der Waals surface area contributed by atoms with E-state index in [9.17, 15) is 9.59 Å². The van der Waals surface area contributed by atoms with Gasteiger partial charge in [-0.25, -0.2) is 4.98 Å². The van der Waals surface area contributed by atoms with E-state index in [0.717, 1.165) is 11.0 Å². The summed E-state index contributed by atoms with van der Waals surface area (Å²) in [6, 6.07) is 10.4. The predicted octanol–water partition coefficient (Wildman–Crippen LogP) is 2.54. The topological polar surface area (TPSA) is 96.1 Å². The second-order valence-corrected chi connectivity index (χ2v) is 5.45. The molecule has 3 aromatic rings. The fourth-order valence-corrected chi connectivity index (χ4v) is 2.58. The first-order chi connectivity index (χ1) is 11.7. The third kappa shape index (κ3) is 2.67. The summed E-state index contributed by atoms with van der Waals surface area (Å²) < 4.78 is 5.50. The predicted molar refractivity (Wildman–Crippen MR) is 89.2 cm³/mol. The van der Waals surface area contributed by atoms with E-state index in [2.05, 4.69) is 20.6 Å². The van der Waals surface area contributed by atoms with Crippen molar-refractivity contribution in [3.05, 3.63) is 48.3 Å². The highest BCUT2D eigenvalue weighted by molar-refractivity contribution is 6.06. The van der Waals surface area contributed by atoms with Crippen molar-refractivity contribution < 1.29 is 14.3 Å². The van der Waals surface area contributed by atoms with Crippen molar-refractivity contribution in [2.24, 2.45) is 0 Å². The van der Waals surface area contributed by atoms with Crippen LogP contribution in [0.2, 0.25) is 0 Å². The van der Waals surface area contributed by atoms with E-state index in [1.54, 1.807) is 42.7 Å². The van der Waals surface area contributed by atoms with Gasteiger partial charge in [-0.3, -0.25) is 9.59 Å². The Hall–Kier alpha value is -3.35. The summed E-state index contributed by atoms with van der Waals surface area (Å²) in [5, 5.41) is 5.59. The number of nitrogens with one attached hydrogen (secondary N) is 3. The summed E-state index contributed by atoms with van der Waals surface area (Å²) in [4.78, 5) is 31.1. The highest BCUT2D eigenvalue weighted by atomic mass is 16.5. The Morgan fingerprint density at radius 3 is 3.04 bits per heavy atom. The normalized spacial score (nSPS) is 13.6. The average Bonchev–Trinajstić information content (AvgIpc) is 2.96. The van der Waals surface area contributed by atoms with Crippen molar-refractivity contribution in [1.29, 1.82) is 0 Å². The zero-order chi connectivity index (χ0) is 16.5. The van der Waals surface area contributed by atoms with E-state index in [1.165, 1.54) is 0 Å². The second-order valence-electron chi connectivity index (χ2n) is 5.45. The summed E-state index contributed by atoms with van der Waals surface area (Å²) in [6.07, 6.45) is 1.89. The maximum atomic E-state index is 12.4. The maximum Gasteiger partial charge on any atom is 0.255 e. The number of rotatable bonds is 2. The molecule has 3 N–H and O–H groups in total. The van der Waals surface area contributed by atoms with Crippen molar-refractivity contribution >= 4 is 34.2 Å². The number of nitrogens with zero attached hydrogens (tertiary/aromatic N) is 1. The number of carbonyl (C=O) groups excluding carboxylic acids is 2. The van der Waals surface area contributed by atoms with Crippen LogP contribution in [0, 0.1) is 0 Å². The third-order valence-corrected chi connectivity index (χ3v) is 3.78. The molecule has 2 amide bonds. The van der Waals surface area contributed by atoms with E-state index in [4.69, 9.17) is 4.74 Å². The zero-order valence-corrected chi connectivity index (χ0v) is 12.6. The molecule has 1 aliphatic heterocycles. The largest absolute Gasteiger partial charge is 0.491 e. The Kier molecular flexibility index (Phi) is 3.38. The lowest BCUT2D eigenvalue weighted by Crippen LogP contribution is -2.13. The molecule has 2 heterocycles. The summed E-state index contributed by atoms with van der Waals surface area (Å²) in [5.41, 5.74) is 3.25. The van der Waals surface area contributed by atoms with Crippen LogP contribution in [0.1, 0.15) is 16.8 Å². The Labute approximate surface area is 137 Å². The lowest BCUT2D eigenvalue weighted by Gasteiger charge is -2.10. The first-order valence-electron chi connectivity index (χ1n) is 7.50. The number of amides is 2. The van der Waals surface area contributed by atoms with Crippen LogP contribution in [-0.2, 0) is 4.79 Å². The minimum absolute atomic E-state index is 0.109. The molecule has 0 unspecified atom stereocenters. The smallest absolute Gasteiger partial charge is 0.255 e. The number of hydrogen-bond acceptors (Lipinski definition) is 4. The Balaban J connectivity index is 1.58. The SMILES string of the molecule is O=C1CCOc2ccc(NC(=O)c3ccc4nc[nH]c4c3)cc2N1. The second kappa shape index (κ2) is 5.69. The van der Waals surface area contributed by atoms with E-state index in [-0.39, 0.29) is 11.8 Å². The molecule has 1 aromatic heterocycles. The van der Waals surface area contributed by atoms with Crippen LogP contribution >= 0.6 is 0 Å². The Morgan fingerprint density at radius 2 is 2.12 bits per heavy atom. The van der Waals surface area contributed by atoms with Crippen molar-refractivity contribution in [2.75, 3.05) is 17.2 Å². The highest BCUT2D eigenvalue weighted by Gasteiger charge is 2.15. The van der Waals surface area contributed by atoms with Crippen LogP contribution in [0.15, 0.2) is 42.7 Å². The molecule has 0 saturated heterocycles. The molecule has 1 aliphatic rings. The first-order valence-corrected chi connectivity index (χ1v) is 7.50. The number of imidazole rings is 1. The number of fused-ring (bicyclic) bond motifs is 2. The van der Waals surface area contributed by atoms with Gasteiger partial charge in [-0.15, -0.1) is 0 Å². The van der Waals surface area contributed by atoms with Gasteiger partial charge in [0.1, 0.15) is 5.75 Å². The average molecular weight is 322 g/mol. The van der Waals surface area contributed by atoms with Gasteiger partial charge in [-0.05, 0) is 36.4 Å². The van der Waals surface area contributed by atoms with Gasteiger partial charge in [-0.1, -0.05) is 0 Å². The summed E-state index contributed by atoms with van der Waals surface area (Å²) in [6.45, 7) is 0.342. The number of carbonyl (C=O) groups is 2. The van der Waals surface area contributed by atoms with E-state index >= 15 is 0 Å². The fraction of sp³-hybridized carbons (Fsp3) is 0.118. The molecular weight excluding hydrogens is 308 g/mol. The number of H-pyrrole nitrogens is 1. The van der Waals surface area contributed by atoms with E-state index in [1.807, 2.05) is 0 Å². The first kappa shape index (κ1) is 14.3. The molecule has 24 heavy (non-hydrogen) atoms. The highest BCUT2D eigenvalue weighted by Crippen LogP contribution is 2.30. The van der Waals surface area contributed by atoms with Crippen molar-refractivity contribution in [1.82, 2.24) is 9.97 Å². The van der Waals surface area contributed by atoms with Crippen LogP contribution in [0.4, 0.5) is 11.4 Å². The van der Waals surface area contributed by atoms with Gasteiger partial charge in [0.25, 0.3) is 5.91 Å². The third-order valence-electron chi connectivity index (χ3n) is 3.78. The van der Waals surface area contributed by atoms with Crippen LogP contribution < -0.4 is 15.4 Å². The number of ether oxygens (including phenoxy) is 1. The molecule has 7 heteroatoms. The molecule has 0 bridgehead atoms. The van der Waals surface area contributed by atoms with Crippen LogP contribution in [0.25, 0.3) is 11.0 Å². The van der Waals surface area contributed by atoms with E-state index < -0.39 is 0 Å². The minimum Gasteiger partial charge on any atom is -0.491 e. The number of aromatic nitrogens is 2. The van der Waals surface area contributed by atoms with Gasteiger partial charge in [0.2, 0.25) is 5.91 Å². The number of benzene rings is 2. The van der Waals surface area contributed by atoms with Gasteiger partial charge in [0.05, 0.1) is 36.1 Å². The van der Waals surface area contributed by atoms with Gasteiger partial charge in [0, 0.05) is 11.3 Å². The number of anilines is 2. The maximum absolute atomic E-state index is 12.4.